The fourth-order valence-corrected chi connectivity index (χ4v) is 4.43. The van der Waals surface area contributed by atoms with Gasteiger partial charge >= 0.3 is 0 Å². The minimum atomic E-state index is 0.296. The van der Waals surface area contributed by atoms with Crippen molar-refractivity contribution in [3.8, 4) is 0 Å². The number of aryl methyl sites for hydroxylation is 1. The van der Waals surface area contributed by atoms with E-state index in [4.69, 9.17) is 5.11 Å². The van der Waals surface area contributed by atoms with Gasteiger partial charge in [-0.25, -0.2) is 0 Å². The number of piperazine rings is 1. The number of nitrogens with zero attached hydrogens (tertiary/aromatic N) is 2. The van der Waals surface area contributed by atoms with Crippen LogP contribution in [0.25, 0.3) is 0 Å². The first-order valence-corrected chi connectivity index (χ1v) is 9.73. The van der Waals surface area contributed by atoms with Gasteiger partial charge in [0.1, 0.15) is 0 Å². The molecule has 1 unspecified atom stereocenters. The summed E-state index contributed by atoms with van der Waals surface area (Å²) in [4.78, 5) is 4.99. The molecule has 1 N–H and O–H groups in total. The molecule has 1 saturated heterocycles. The van der Waals surface area contributed by atoms with Crippen molar-refractivity contribution in [1.82, 2.24) is 4.90 Å². The van der Waals surface area contributed by atoms with Gasteiger partial charge in [0.25, 0.3) is 0 Å². The van der Waals surface area contributed by atoms with Crippen LogP contribution in [-0.4, -0.2) is 42.2 Å². The minimum absolute atomic E-state index is 0.296. The van der Waals surface area contributed by atoms with E-state index in [-0.39, 0.29) is 0 Å². The predicted molar refractivity (Wildman–Crippen MR) is 108 cm³/mol. The van der Waals surface area contributed by atoms with E-state index >= 15 is 0 Å². The van der Waals surface area contributed by atoms with Crippen LogP contribution in [0.1, 0.15) is 29.2 Å². The second kappa shape index (κ2) is 7.55. The lowest BCUT2D eigenvalue weighted by Crippen LogP contribution is -2.49. The first kappa shape index (κ1) is 17.2. The number of benzene rings is 2. The quantitative estimate of drug-likeness (QED) is 0.851. The van der Waals surface area contributed by atoms with Gasteiger partial charge in [-0.1, -0.05) is 36.4 Å². The first-order chi connectivity index (χ1) is 12.8. The van der Waals surface area contributed by atoms with E-state index in [1.807, 2.05) is 6.08 Å². The predicted octanol–water partition coefficient (Wildman–Crippen LogP) is 3.96. The molecule has 1 aliphatic carbocycles. The average Bonchev–Trinajstić information content (AvgIpc) is 2.87. The first-order valence-electron chi connectivity index (χ1n) is 9.73. The Morgan fingerprint density at radius 1 is 0.885 bits per heavy atom. The van der Waals surface area contributed by atoms with Crippen LogP contribution in [-0.2, 0) is 19.3 Å². The van der Waals surface area contributed by atoms with Crippen LogP contribution < -0.4 is 4.90 Å². The summed E-state index contributed by atoms with van der Waals surface area (Å²) >= 11 is 0. The second-order valence-electron chi connectivity index (χ2n) is 7.47. The summed E-state index contributed by atoms with van der Waals surface area (Å²) in [7, 11) is 0. The van der Waals surface area contributed by atoms with Gasteiger partial charge in [-0.2, -0.15) is 0 Å². The molecule has 4 rings (SSSR count). The van der Waals surface area contributed by atoms with Crippen molar-refractivity contribution in [2.45, 2.75) is 32.2 Å². The van der Waals surface area contributed by atoms with E-state index in [0.29, 0.717) is 6.04 Å². The highest BCUT2D eigenvalue weighted by Crippen LogP contribution is 2.32. The Labute approximate surface area is 156 Å². The van der Waals surface area contributed by atoms with Crippen molar-refractivity contribution < 1.29 is 5.11 Å². The van der Waals surface area contributed by atoms with Gasteiger partial charge in [0.05, 0.1) is 6.26 Å². The molecule has 0 aromatic heterocycles. The molecule has 136 valence electrons. The molecule has 3 heteroatoms. The molecule has 0 bridgehead atoms. The van der Waals surface area contributed by atoms with Crippen LogP contribution in [0.2, 0.25) is 0 Å². The standard InChI is InChI=1S/C23H28N2O/c1-18(11-16-26)24-12-14-25(15-13-24)23-8-4-7-21-17-20-6-3-2-5-19(20)9-10-22(21)23/h2-8,11,16,18,26H,9-10,12-15,17H2,1H3. The maximum Gasteiger partial charge on any atom is 0.0767 e. The molecule has 3 nitrogen and oxygen atoms in total. The van der Waals surface area contributed by atoms with Crippen LogP contribution >= 0.6 is 0 Å². The smallest absolute Gasteiger partial charge is 0.0767 e. The van der Waals surface area contributed by atoms with E-state index in [0.717, 1.165) is 45.4 Å². The number of fused-ring (bicyclic) bond motifs is 2. The van der Waals surface area contributed by atoms with Gasteiger partial charge in [-0.15, -0.1) is 0 Å². The van der Waals surface area contributed by atoms with Gasteiger partial charge < -0.3 is 10.0 Å². The van der Waals surface area contributed by atoms with Crippen LogP contribution in [0, 0.1) is 0 Å². The molecule has 0 radical (unpaired) electrons. The fourth-order valence-electron chi connectivity index (χ4n) is 4.43. The van der Waals surface area contributed by atoms with E-state index in [2.05, 4.69) is 59.2 Å². The van der Waals surface area contributed by atoms with Gasteiger partial charge in [0.15, 0.2) is 0 Å². The van der Waals surface area contributed by atoms with E-state index in [9.17, 15) is 0 Å². The summed E-state index contributed by atoms with van der Waals surface area (Å²) < 4.78 is 0. The zero-order valence-electron chi connectivity index (χ0n) is 15.6. The molecule has 0 spiro atoms. The van der Waals surface area contributed by atoms with Crippen molar-refractivity contribution in [3.05, 3.63) is 77.1 Å². The number of aliphatic hydroxyl groups excluding tert-OH is 1. The lowest BCUT2D eigenvalue weighted by molar-refractivity contribution is 0.225. The van der Waals surface area contributed by atoms with Crippen molar-refractivity contribution in [2.75, 3.05) is 31.1 Å². The molecule has 2 aliphatic rings. The molecule has 1 heterocycles. The highest BCUT2D eigenvalue weighted by Gasteiger charge is 2.23. The summed E-state index contributed by atoms with van der Waals surface area (Å²) in [5, 5.41) is 9.01. The second-order valence-corrected chi connectivity index (χ2v) is 7.47. The number of hydrogen-bond acceptors (Lipinski definition) is 3. The Kier molecular flexibility index (Phi) is 4.98. The molecular formula is C23H28N2O. The third-order valence-electron chi connectivity index (χ3n) is 5.99. The van der Waals surface area contributed by atoms with Gasteiger partial charge in [0.2, 0.25) is 0 Å². The third kappa shape index (κ3) is 3.36. The van der Waals surface area contributed by atoms with Crippen molar-refractivity contribution in [2.24, 2.45) is 0 Å². The van der Waals surface area contributed by atoms with E-state index in [1.54, 1.807) is 5.56 Å². The Morgan fingerprint density at radius 2 is 1.62 bits per heavy atom. The fraction of sp³-hybridized carbons (Fsp3) is 0.391. The summed E-state index contributed by atoms with van der Waals surface area (Å²) in [6, 6.07) is 16.0. The number of hydrogen-bond donors (Lipinski definition) is 1. The van der Waals surface area contributed by atoms with Crippen LogP contribution in [0.15, 0.2) is 54.8 Å². The number of anilines is 1. The molecule has 2 aromatic rings. The molecule has 1 fully saturated rings. The molecule has 0 saturated carbocycles. The van der Waals surface area contributed by atoms with Gasteiger partial charge in [-0.05, 0) is 60.6 Å². The SMILES string of the molecule is CC(C=CO)N1CCN(c2cccc3c2CCc2ccccc2C3)CC1. The van der Waals surface area contributed by atoms with Crippen molar-refractivity contribution >= 4 is 5.69 Å². The molecule has 0 amide bonds. The van der Waals surface area contributed by atoms with Crippen LogP contribution in [0.4, 0.5) is 5.69 Å². The number of aliphatic hydroxyl groups is 1. The largest absolute Gasteiger partial charge is 0.516 e. The lowest BCUT2D eigenvalue weighted by atomic mass is 9.98. The summed E-state index contributed by atoms with van der Waals surface area (Å²) in [6.07, 6.45) is 6.36. The highest BCUT2D eigenvalue weighted by molar-refractivity contribution is 5.59. The Balaban J connectivity index is 1.54. The van der Waals surface area contributed by atoms with E-state index in [1.165, 1.54) is 28.6 Å². The summed E-state index contributed by atoms with van der Waals surface area (Å²) in [6.45, 7) is 6.32. The normalized spacial score (nSPS) is 19.0. The minimum Gasteiger partial charge on any atom is -0.516 e. The molecule has 1 atom stereocenters. The monoisotopic (exact) mass is 348 g/mol. The average molecular weight is 348 g/mol. The Hall–Kier alpha value is -2.26. The maximum absolute atomic E-state index is 9.01. The summed E-state index contributed by atoms with van der Waals surface area (Å²) in [5.74, 6) is 0. The van der Waals surface area contributed by atoms with E-state index < -0.39 is 0 Å². The topological polar surface area (TPSA) is 26.7 Å². The lowest BCUT2D eigenvalue weighted by Gasteiger charge is -2.39. The summed E-state index contributed by atoms with van der Waals surface area (Å²) in [5.41, 5.74) is 7.45. The molecule has 2 aromatic carbocycles. The molecule has 1 aliphatic heterocycles. The Bertz CT molecular complexity index is 791. The Morgan fingerprint density at radius 3 is 2.38 bits per heavy atom. The third-order valence-corrected chi connectivity index (χ3v) is 5.99. The van der Waals surface area contributed by atoms with Crippen LogP contribution in [0.3, 0.4) is 0 Å². The maximum atomic E-state index is 9.01. The zero-order chi connectivity index (χ0) is 17.9. The number of rotatable bonds is 3. The van der Waals surface area contributed by atoms with Gasteiger partial charge in [-0.3, -0.25) is 4.90 Å². The molecule has 26 heavy (non-hydrogen) atoms. The van der Waals surface area contributed by atoms with Crippen molar-refractivity contribution in [3.63, 3.8) is 0 Å². The zero-order valence-corrected chi connectivity index (χ0v) is 15.6. The molecular weight excluding hydrogens is 320 g/mol. The highest BCUT2D eigenvalue weighted by atomic mass is 16.2. The van der Waals surface area contributed by atoms with Gasteiger partial charge in [0, 0.05) is 37.9 Å². The van der Waals surface area contributed by atoms with Crippen molar-refractivity contribution in [1.29, 1.82) is 0 Å². The van der Waals surface area contributed by atoms with Crippen LogP contribution in [0.5, 0.6) is 0 Å².